The summed E-state index contributed by atoms with van der Waals surface area (Å²) in [5.74, 6) is -1.95. The quantitative estimate of drug-likeness (QED) is 0.190. The molecule has 0 saturated heterocycles. The van der Waals surface area contributed by atoms with Crippen LogP contribution in [0.25, 0.3) is 1.43 Å². The second-order valence-corrected chi connectivity index (χ2v) is 6.25. The van der Waals surface area contributed by atoms with Crippen molar-refractivity contribution >= 4 is 21.6 Å². The maximum atomic E-state index is 11.2. The number of aliphatic hydroxyl groups excluding tert-OH is 2. The van der Waals surface area contributed by atoms with E-state index >= 15 is 0 Å². The van der Waals surface area contributed by atoms with E-state index in [1.807, 2.05) is 0 Å². The summed E-state index contributed by atoms with van der Waals surface area (Å²) < 4.78 is 34.9. The topological polar surface area (TPSA) is 232 Å². The summed E-state index contributed by atoms with van der Waals surface area (Å²) in [4.78, 5) is 45.0. The molecular formula is C6H14O13P2. The monoisotopic (exact) mass is 357 g/mol. The summed E-state index contributed by atoms with van der Waals surface area (Å²) in [5.41, 5.74) is -3.32. The van der Waals surface area contributed by atoms with Crippen molar-refractivity contribution in [3.05, 3.63) is 0 Å². The number of carboxylic acid groups (broad SMARTS) is 1. The molecule has 0 heterocycles. The Bertz CT molecular complexity index is 471. The van der Waals surface area contributed by atoms with Crippen LogP contribution in [-0.4, -0.2) is 77.0 Å². The number of hydrogen-bond acceptors (Lipinski definition) is 9. The van der Waals surface area contributed by atoms with Crippen LogP contribution < -0.4 is 0 Å². The third-order valence-electron chi connectivity index (χ3n) is 2.07. The molecular weight excluding hydrogens is 342 g/mol. The van der Waals surface area contributed by atoms with Crippen molar-refractivity contribution in [2.45, 2.75) is 17.8 Å². The SMILES string of the molecule is [2H]OC(=O)[C@@](O)(COP(=O)(O)O)[C@H](O)[C@H](O)COP(=O)(O)O. The summed E-state index contributed by atoms with van der Waals surface area (Å²) in [6, 6.07) is 0. The maximum Gasteiger partial charge on any atom is 0.469 e. The van der Waals surface area contributed by atoms with Gasteiger partial charge in [0.1, 0.15) is 18.8 Å². The Morgan fingerprint density at radius 3 is 2.00 bits per heavy atom. The maximum absolute atomic E-state index is 11.2. The van der Waals surface area contributed by atoms with Gasteiger partial charge in [0.05, 0.1) is 6.61 Å². The zero-order valence-electron chi connectivity index (χ0n) is 11.0. The lowest BCUT2D eigenvalue weighted by molar-refractivity contribution is -0.190. The predicted molar refractivity (Wildman–Crippen MR) is 60.6 cm³/mol. The van der Waals surface area contributed by atoms with Crippen LogP contribution in [0.5, 0.6) is 0 Å². The Balaban J connectivity index is 5.12. The van der Waals surface area contributed by atoms with Gasteiger partial charge in [-0.2, -0.15) is 0 Å². The van der Waals surface area contributed by atoms with Gasteiger partial charge in [-0.15, -0.1) is 0 Å². The Kier molecular flexibility index (Phi) is 6.40. The number of aliphatic hydroxyl groups is 3. The van der Waals surface area contributed by atoms with Gasteiger partial charge in [0.15, 0.2) is 0 Å². The molecule has 3 atom stereocenters. The van der Waals surface area contributed by atoms with Gasteiger partial charge < -0.3 is 40.0 Å². The lowest BCUT2D eigenvalue weighted by atomic mass is 9.94. The largest absolute Gasteiger partial charge is 0.479 e. The van der Waals surface area contributed by atoms with E-state index in [9.17, 15) is 29.2 Å². The smallest absolute Gasteiger partial charge is 0.469 e. The van der Waals surface area contributed by atoms with Gasteiger partial charge in [-0.1, -0.05) is 0 Å². The summed E-state index contributed by atoms with van der Waals surface area (Å²) in [6.45, 7) is -2.86. The van der Waals surface area contributed by atoms with Crippen molar-refractivity contribution in [3.8, 4) is 0 Å². The molecule has 0 radical (unpaired) electrons. The highest BCUT2D eigenvalue weighted by molar-refractivity contribution is 7.46. The van der Waals surface area contributed by atoms with Crippen molar-refractivity contribution in [1.82, 2.24) is 0 Å². The molecule has 0 aromatic rings. The molecule has 0 fully saturated rings. The van der Waals surface area contributed by atoms with Crippen molar-refractivity contribution in [3.63, 3.8) is 0 Å². The van der Waals surface area contributed by atoms with Crippen molar-refractivity contribution in [1.29, 1.82) is 1.43 Å². The number of aliphatic carboxylic acids is 1. The van der Waals surface area contributed by atoms with Gasteiger partial charge in [0, 0.05) is 0 Å². The van der Waals surface area contributed by atoms with E-state index in [2.05, 4.69) is 14.2 Å². The summed E-state index contributed by atoms with van der Waals surface area (Å²) in [5, 5.41) is 32.1. The average molecular weight is 357 g/mol. The number of carboxylic acids is 1. The van der Waals surface area contributed by atoms with Crippen molar-refractivity contribution in [2.75, 3.05) is 13.2 Å². The first-order chi connectivity index (χ1) is 9.73. The van der Waals surface area contributed by atoms with Gasteiger partial charge in [-0.3, -0.25) is 9.05 Å². The Morgan fingerprint density at radius 2 is 1.62 bits per heavy atom. The third kappa shape index (κ3) is 7.40. The molecule has 0 amide bonds. The second-order valence-electron chi connectivity index (χ2n) is 3.77. The summed E-state index contributed by atoms with van der Waals surface area (Å²) in [6.07, 6.45) is -4.93. The molecule has 0 spiro atoms. The fourth-order valence-corrected chi connectivity index (χ4v) is 1.74. The van der Waals surface area contributed by atoms with Crippen LogP contribution in [0, 0.1) is 0 Å². The van der Waals surface area contributed by atoms with Gasteiger partial charge in [-0.05, 0) is 0 Å². The fourth-order valence-electron chi connectivity index (χ4n) is 1.03. The van der Waals surface area contributed by atoms with Gasteiger partial charge >= 0.3 is 21.6 Å². The van der Waals surface area contributed by atoms with E-state index < -0.39 is 52.6 Å². The third-order valence-corrected chi connectivity index (χ3v) is 3.02. The van der Waals surface area contributed by atoms with Crippen LogP contribution >= 0.6 is 15.6 Å². The molecule has 13 nitrogen and oxygen atoms in total. The Labute approximate surface area is 118 Å². The van der Waals surface area contributed by atoms with Gasteiger partial charge in [-0.25, -0.2) is 13.9 Å². The Hall–Kier alpha value is -0.430. The van der Waals surface area contributed by atoms with Gasteiger partial charge in [0.25, 0.3) is 1.43 Å². The molecule has 8 N–H and O–H groups in total. The lowest BCUT2D eigenvalue weighted by Crippen LogP contribution is -2.58. The number of phosphoric acid groups is 2. The first-order valence-corrected chi connectivity index (χ1v) is 7.95. The number of carbonyl (C=O) groups is 1. The minimum Gasteiger partial charge on any atom is -0.479 e. The van der Waals surface area contributed by atoms with Gasteiger partial charge in [0.2, 0.25) is 5.60 Å². The predicted octanol–water partition coefficient (Wildman–Crippen LogP) is -3.26. The van der Waals surface area contributed by atoms with E-state index in [0.717, 1.165) is 0 Å². The lowest BCUT2D eigenvalue weighted by Gasteiger charge is -2.31. The molecule has 0 aliphatic carbocycles. The molecule has 126 valence electrons. The molecule has 0 aromatic heterocycles. The fraction of sp³-hybridized carbons (Fsp3) is 0.833. The van der Waals surface area contributed by atoms with Crippen LogP contribution in [0.1, 0.15) is 0 Å². The summed E-state index contributed by atoms with van der Waals surface area (Å²) in [7, 11) is -10.2. The molecule has 0 unspecified atom stereocenters. The zero-order chi connectivity index (χ0) is 17.8. The minimum atomic E-state index is -5.20. The van der Waals surface area contributed by atoms with Crippen LogP contribution in [0.4, 0.5) is 0 Å². The standard InChI is InChI=1S/C6H14O13P2/c7-3(1-18-20(12,13)14)4(8)6(11,5(9)10)2-19-21(15,16)17/h3-4,7-8,11H,1-2H2,(H,9,10)(H2,12,13,14)(H2,15,16,17)/t3-,4-,6-/m1/s1/i/hD. The second kappa shape index (κ2) is 7.22. The van der Waals surface area contributed by atoms with E-state index in [1.165, 1.54) is 0 Å². The minimum absolute atomic E-state index is 1.27. The Morgan fingerprint density at radius 1 is 1.14 bits per heavy atom. The molecule has 0 saturated carbocycles. The first kappa shape index (κ1) is 18.6. The highest BCUT2D eigenvalue weighted by Crippen LogP contribution is 2.38. The van der Waals surface area contributed by atoms with E-state index in [4.69, 9.17) is 21.0 Å². The molecule has 0 aromatic carbocycles. The molecule has 0 aliphatic rings. The molecule has 0 bridgehead atoms. The highest BCUT2D eigenvalue weighted by atomic mass is 31.2. The number of rotatable bonds is 9. The van der Waals surface area contributed by atoms with E-state index in [0.29, 0.717) is 0 Å². The molecule has 0 aliphatic heterocycles. The average Bonchev–Trinajstić information content (AvgIpc) is 2.38. The normalized spacial score (nSPS) is 19.3. The van der Waals surface area contributed by atoms with Crippen molar-refractivity contribution in [2.24, 2.45) is 0 Å². The molecule has 21 heavy (non-hydrogen) atoms. The van der Waals surface area contributed by atoms with Crippen LogP contribution in [-0.2, 0) is 23.0 Å². The number of hydrogen-bond donors (Lipinski definition) is 8. The van der Waals surface area contributed by atoms with Crippen molar-refractivity contribution < 1.29 is 63.0 Å². The molecule has 15 heteroatoms. The van der Waals surface area contributed by atoms with E-state index in [1.54, 1.807) is 0 Å². The number of phosphoric ester groups is 2. The zero-order valence-corrected chi connectivity index (χ0v) is 11.8. The van der Waals surface area contributed by atoms with Crippen LogP contribution in [0.3, 0.4) is 0 Å². The van der Waals surface area contributed by atoms with E-state index in [-0.39, 0.29) is 0 Å². The highest BCUT2D eigenvalue weighted by Gasteiger charge is 2.49. The first-order valence-electron chi connectivity index (χ1n) is 5.30. The summed E-state index contributed by atoms with van der Waals surface area (Å²) >= 11 is 0. The van der Waals surface area contributed by atoms with Crippen LogP contribution in [0.15, 0.2) is 0 Å². The van der Waals surface area contributed by atoms with Crippen LogP contribution in [0.2, 0.25) is 0 Å². The molecule has 0 rings (SSSR count).